The van der Waals surface area contributed by atoms with Crippen molar-refractivity contribution >= 4 is 46.4 Å². The molecule has 13 rings (SSSR count). The van der Waals surface area contributed by atoms with E-state index in [1.807, 2.05) is 0 Å². The first-order valence-electron chi connectivity index (χ1n) is 40.3. The molecule has 0 saturated carbocycles. The topological polar surface area (TPSA) is 146 Å². The minimum atomic E-state index is -0.225. The van der Waals surface area contributed by atoms with E-state index in [1.165, 1.54) is 0 Å². The molecule has 2 aliphatic heterocycles. The van der Waals surface area contributed by atoms with E-state index in [0.717, 1.165) is 111 Å². The molecule has 0 unspecified atom stereocenters. The summed E-state index contributed by atoms with van der Waals surface area (Å²) in [6.07, 6.45) is 11.6. The van der Waals surface area contributed by atoms with Gasteiger partial charge in [-0.15, -0.1) is 0 Å². The Morgan fingerprint density at radius 3 is 0.596 bits per heavy atom. The molecule has 0 amide bonds. The van der Waals surface area contributed by atoms with Crippen molar-refractivity contribution in [2.24, 2.45) is 0 Å². The molecule has 0 aliphatic carbocycles. The molecule has 590 valence electrons. The maximum Gasteiger partial charge on any atom is 0.234 e. The average molecular weight is 1520 g/mol. The first-order chi connectivity index (χ1) is 52.9. The summed E-state index contributed by atoms with van der Waals surface area (Å²) >= 11 is 0. The summed E-state index contributed by atoms with van der Waals surface area (Å²) < 4.78 is 29.9. The summed E-state index contributed by atoms with van der Waals surface area (Å²) in [6, 6.07) is 43.9. The zero-order valence-electron chi connectivity index (χ0n) is 73.3. The Hall–Kier alpha value is -10.7. The van der Waals surface area contributed by atoms with Crippen molar-refractivity contribution in [2.75, 3.05) is 0 Å². The Labute approximate surface area is 677 Å². The fourth-order valence-electron chi connectivity index (χ4n) is 15.4. The molecule has 2 aliphatic rings. The Morgan fingerprint density at radius 2 is 0.412 bits per heavy atom. The molecular formula is C102H118N8O4. The van der Waals surface area contributed by atoms with Crippen molar-refractivity contribution in [3.63, 3.8) is 0 Å². The third kappa shape index (κ3) is 16.9. The number of aryl methyl sites for hydroxylation is 6. The predicted octanol–water partition coefficient (Wildman–Crippen LogP) is 28.3. The number of aromatic nitrogens is 8. The number of benzene rings is 6. The van der Waals surface area contributed by atoms with Crippen LogP contribution in [-0.4, -0.2) is 39.9 Å². The summed E-state index contributed by atoms with van der Waals surface area (Å²) in [7, 11) is 0. The van der Waals surface area contributed by atoms with Crippen molar-refractivity contribution in [1.29, 1.82) is 0 Å². The predicted molar refractivity (Wildman–Crippen MR) is 476 cm³/mol. The van der Waals surface area contributed by atoms with Gasteiger partial charge in [0.05, 0.1) is 22.8 Å². The number of rotatable bonds is 12. The van der Waals surface area contributed by atoms with E-state index < -0.39 is 0 Å². The number of nitrogens with zero attached hydrogens (tertiary/aromatic N) is 6. The highest BCUT2D eigenvalue weighted by atomic mass is 16.5. The largest absolute Gasteiger partial charge is 0.438 e. The molecule has 6 aromatic carbocycles. The number of fused-ring (bicyclic) bond motifs is 8. The fourth-order valence-corrected chi connectivity index (χ4v) is 15.4. The van der Waals surface area contributed by atoms with Gasteiger partial charge in [-0.3, -0.25) is 0 Å². The summed E-state index contributed by atoms with van der Waals surface area (Å²) in [4.78, 5) is 40.9. The van der Waals surface area contributed by atoms with E-state index in [2.05, 4.69) is 363 Å². The smallest absolute Gasteiger partial charge is 0.234 e. The molecular weight excluding hydrogens is 1400 g/mol. The number of H-pyrrole nitrogens is 2. The Kier molecular flexibility index (Phi) is 20.9. The molecule has 2 N–H and O–H groups in total. The SMILES string of the molecule is Cc1cc(C)c(-c2c3nc(c(-c4c(Oc5cc(C(C)(C)C)cc(C(C)(C)C)c5)ncnc4Oc4cc(C(C)(C)C)cc(C(C)(C)C)c4)c4ccc([nH]4)c(-c4c(C)cc(C)cc4C)c4nc(c(-c5c(Oc6cc(C(C)(C)C)cc(C(C)(C)C)c6)ncnc5Oc5cc(C(C)(C)C)cc(C(C)(C)C)c5)c5ccc2[nH]5)C=C4)C=C3)c(C)c1. The number of hydrogen-bond acceptors (Lipinski definition) is 10. The van der Waals surface area contributed by atoms with Gasteiger partial charge < -0.3 is 28.9 Å². The van der Waals surface area contributed by atoms with E-state index in [9.17, 15) is 0 Å². The monoisotopic (exact) mass is 1520 g/mol. The van der Waals surface area contributed by atoms with Crippen LogP contribution in [0.4, 0.5) is 0 Å². The molecule has 5 aromatic heterocycles. The molecule has 0 spiro atoms. The summed E-state index contributed by atoms with van der Waals surface area (Å²) in [5.41, 5.74) is 25.6. The van der Waals surface area contributed by atoms with Gasteiger partial charge >= 0.3 is 0 Å². The third-order valence-corrected chi connectivity index (χ3v) is 22.1. The second kappa shape index (κ2) is 29.3. The lowest BCUT2D eigenvalue weighted by Gasteiger charge is -2.26. The number of hydrogen-bond donors (Lipinski definition) is 2. The highest BCUT2D eigenvalue weighted by molar-refractivity contribution is 6.03. The van der Waals surface area contributed by atoms with Crippen LogP contribution in [0.3, 0.4) is 0 Å². The van der Waals surface area contributed by atoms with E-state index in [0.29, 0.717) is 79.1 Å². The normalized spacial score (nSPS) is 13.1. The Morgan fingerprint density at radius 1 is 0.228 bits per heavy atom. The molecule has 8 bridgehead atoms. The molecule has 114 heavy (non-hydrogen) atoms. The van der Waals surface area contributed by atoms with Gasteiger partial charge in [-0.1, -0.05) is 226 Å². The van der Waals surface area contributed by atoms with Gasteiger partial charge in [0.2, 0.25) is 23.5 Å². The van der Waals surface area contributed by atoms with Crippen molar-refractivity contribution in [2.45, 2.75) is 251 Å². The molecule has 0 saturated heterocycles. The highest BCUT2D eigenvalue weighted by Gasteiger charge is 2.33. The van der Waals surface area contributed by atoms with Gasteiger partial charge in [-0.25, -0.2) is 29.9 Å². The number of ether oxygens (including phenoxy) is 4. The van der Waals surface area contributed by atoms with E-state index in [-0.39, 0.29) is 66.8 Å². The molecule has 12 heteroatoms. The molecule has 12 nitrogen and oxygen atoms in total. The lowest BCUT2D eigenvalue weighted by atomic mass is 9.80. The third-order valence-electron chi connectivity index (χ3n) is 22.1. The van der Waals surface area contributed by atoms with Gasteiger partial charge in [0.1, 0.15) is 46.8 Å². The molecule has 0 fully saturated rings. The van der Waals surface area contributed by atoms with Crippen LogP contribution in [0.25, 0.3) is 90.9 Å². The van der Waals surface area contributed by atoms with Gasteiger partial charge in [0.15, 0.2) is 0 Å². The van der Waals surface area contributed by atoms with Crippen LogP contribution >= 0.6 is 0 Å². The summed E-state index contributed by atoms with van der Waals surface area (Å²) in [6.45, 7) is 66.8. The second-order valence-electron chi connectivity index (χ2n) is 40.2. The standard InChI is InChI=1S/C102H118N8O4/c1-57-39-59(3)83(60(4)40-57)85-75-31-35-79(107-75)87(89-91(111-71-47-63(95(7,8)9)43-64(48-71)96(10,11)12)103-55-104-92(89)112-72-49-65(97(13,14)15)44-66(50-72)98(16,17)18)81-37-33-77(109-81)86(84-61(5)41-58(2)42-62(84)6)78-34-38-82(110-78)88(80-36-32-76(85)108-80)90-93(113-73-51-67(99(19,20)21)45-68(52-73)100(22,23)24)105-56-106-94(90)114-74-53-69(101(25,26)27)46-70(54-74)102(28,29)30/h31-56,107,110H,1-30H3. The molecule has 0 radical (unpaired) electrons. The maximum atomic E-state index is 7.46. The van der Waals surface area contributed by atoms with Crippen LogP contribution in [0.1, 0.15) is 267 Å². The van der Waals surface area contributed by atoms with Crippen LogP contribution in [0.2, 0.25) is 0 Å². The van der Waals surface area contributed by atoms with Crippen LogP contribution in [0.5, 0.6) is 46.5 Å². The van der Waals surface area contributed by atoms with Crippen LogP contribution < -0.4 is 18.9 Å². The lowest BCUT2D eigenvalue weighted by molar-refractivity contribution is 0.431. The molecule has 7 heterocycles. The van der Waals surface area contributed by atoms with Crippen molar-refractivity contribution in [3.05, 3.63) is 235 Å². The zero-order chi connectivity index (χ0) is 82.8. The average Bonchev–Trinajstić information content (AvgIpc) is 1.58. The molecule has 0 atom stereocenters. The summed E-state index contributed by atoms with van der Waals surface area (Å²) in [5.74, 6) is 3.66. The highest BCUT2D eigenvalue weighted by Crippen LogP contribution is 2.51. The van der Waals surface area contributed by atoms with E-state index >= 15 is 0 Å². The van der Waals surface area contributed by atoms with Gasteiger partial charge in [-0.2, -0.15) is 0 Å². The van der Waals surface area contributed by atoms with E-state index in [1.54, 1.807) is 12.7 Å². The first-order valence-corrected chi connectivity index (χ1v) is 40.3. The number of nitrogens with one attached hydrogen (secondary N) is 2. The van der Waals surface area contributed by atoms with Crippen molar-refractivity contribution < 1.29 is 18.9 Å². The Bertz CT molecular complexity index is 5170. The quantitative estimate of drug-likeness (QED) is 0.121. The van der Waals surface area contributed by atoms with Crippen molar-refractivity contribution in [1.82, 2.24) is 39.9 Å². The van der Waals surface area contributed by atoms with Gasteiger partial charge in [0, 0.05) is 44.3 Å². The maximum absolute atomic E-state index is 7.46. The minimum absolute atomic E-state index is 0.225. The zero-order valence-corrected chi connectivity index (χ0v) is 73.3. The minimum Gasteiger partial charge on any atom is -0.438 e. The van der Waals surface area contributed by atoms with Crippen LogP contribution in [0.15, 0.2) is 134 Å². The van der Waals surface area contributed by atoms with Gasteiger partial charge in [-0.05, 0) is 260 Å². The summed E-state index contributed by atoms with van der Waals surface area (Å²) in [5, 5.41) is 0. The van der Waals surface area contributed by atoms with Crippen LogP contribution in [-0.2, 0) is 43.3 Å². The lowest BCUT2D eigenvalue weighted by Crippen LogP contribution is -2.16. The first kappa shape index (κ1) is 81.3. The molecule has 11 aromatic rings. The van der Waals surface area contributed by atoms with Crippen LogP contribution in [0, 0.1) is 41.5 Å². The van der Waals surface area contributed by atoms with Gasteiger partial charge in [0.25, 0.3) is 0 Å². The van der Waals surface area contributed by atoms with Crippen molar-refractivity contribution in [3.8, 4) is 91.0 Å². The fraction of sp³-hybridized carbons (Fsp3) is 0.373. The number of aromatic amines is 2. The second-order valence-corrected chi connectivity index (χ2v) is 40.2. The Balaban J connectivity index is 1.21. The van der Waals surface area contributed by atoms with E-state index in [4.69, 9.17) is 48.9 Å².